The lowest BCUT2D eigenvalue weighted by Gasteiger charge is -2.07. The van der Waals surface area contributed by atoms with Crippen LogP contribution in [0.2, 0.25) is 5.02 Å². The van der Waals surface area contributed by atoms with E-state index in [1.807, 2.05) is 35.9 Å². The van der Waals surface area contributed by atoms with Crippen LogP contribution in [-0.2, 0) is 15.3 Å². The van der Waals surface area contributed by atoms with Gasteiger partial charge in [0, 0.05) is 23.4 Å². The number of pyridine rings is 1. The topological polar surface area (TPSA) is 43.6 Å². The first-order chi connectivity index (χ1) is 9.08. The Labute approximate surface area is 121 Å². The minimum absolute atomic E-state index is 0.179. The van der Waals surface area contributed by atoms with Crippen LogP contribution in [-0.4, -0.2) is 27.7 Å². The summed E-state index contributed by atoms with van der Waals surface area (Å²) < 4.78 is 6.55. The molecule has 6 heteroatoms. The van der Waals surface area contributed by atoms with Gasteiger partial charge in [0.2, 0.25) is 0 Å². The summed E-state index contributed by atoms with van der Waals surface area (Å²) in [6, 6.07) is 3.70. The van der Waals surface area contributed by atoms with E-state index in [0.717, 1.165) is 17.1 Å². The van der Waals surface area contributed by atoms with Gasteiger partial charge in [-0.25, -0.2) is 4.98 Å². The molecule has 2 heterocycles. The van der Waals surface area contributed by atoms with Crippen molar-refractivity contribution in [3.63, 3.8) is 0 Å². The van der Waals surface area contributed by atoms with Crippen molar-refractivity contribution < 1.29 is 9.53 Å². The van der Waals surface area contributed by atoms with Crippen molar-refractivity contribution in [2.75, 3.05) is 7.11 Å². The van der Waals surface area contributed by atoms with Crippen molar-refractivity contribution >= 4 is 35.0 Å². The Bertz CT molecular complexity index is 585. The van der Waals surface area contributed by atoms with Gasteiger partial charge in [-0.2, -0.15) is 11.8 Å². The molecule has 0 aliphatic heterocycles. The van der Waals surface area contributed by atoms with Crippen molar-refractivity contribution in [1.82, 2.24) is 9.38 Å². The summed E-state index contributed by atoms with van der Waals surface area (Å²) in [5.41, 5.74) is 1.85. The summed E-state index contributed by atoms with van der Waals surface area (Å²) >= 11 is 7.61. The minimum Gasteiger partial charge on any atom is -0.469 e. The highest BCUT2D eigenvalue weighted by Crippen LogP contribution is 2.21. The molecule has 0 aliphatic carbocycles. The van der Waals surface area contributed by atoms with E-state index in [1.54, 1.807) is 11.8 Å². The molecule has 1 atom stereocenters. The van der Waals surface area contributed by atoms with Crippen LogP contribution < -0.4 is 0 Å². The molecular weight excluding hydrogens is 284 g/mol. The van der Waals surface area contributed by atoms with Gasteiger partial charge in [-0.1, -0.05) is 18.5 Å². The zero-order valence-corrected chi connectivity index (χ0v) is 12.4. The molecule has 102 valence electrons. The van der Waals surface area contributed by atoms with Crippen molar-refractivity contribution in [3.8, 4) is 0 Å². The van der Waals surface area contributed by atoms with E-state index >= 15 is 0 Å². The van der Waals surface area contributed by atoms with Gasteiger partial charge in [-0.3, -0.25) is 4.79 Å². The van der Waals surface area contributed by atoms with Crippen LogP contribution in [0.3, 0.4) is 0 Å². The zero-order valence-electron chi connectivity index (χ0n) is 10.8. The van der Waals surface area contributed by atoms with Crippen LogP contribution in [0.5, 0.6) is 0 Å². The molecule has 0 spiro atoms. The highest BCUT2D eigenvalue weighted by Gasteiger charge is 2.11. The molecule has 0 saturated heterocycles. The summed E-state index contributed by atoms with van der Waals surface area (Å²) in [6.45, 7) is 2.01. The van der Waals surface area contributed by atoms with Crippen LogP contribution in [0, 0.1) is 0 Å². The first-order valence-electron chi connectivity index (χ1n) is 5.90. The molecule has 2 aromatic rings. The molecule has 0 aliphatic rings. The smallest absolute Gasteiger partial charge is 0.306 e. The van der Waals surface area contributed by atoms with E-state index in [9.17, 15) is 4.79 Å². The molecule has 1 unspecified atom stereocenters. The molecule has 2 aromatic heterocycles. The van der Waals surface area contributed by atoms with Crippen LogP contribution in [0.1, 0.15) is 19.0 Å². The Balaban J connectivity index is 1.96. The summed E-state index contributed by atoms with van der Waals surface area (Å²) in [6.07, 6.45) is 4.20. The van der Waals surface area contributed by atoms with E-state index in [1.165, 1.54) is 7.11 Å². The number of carbonyl (C=O) groups is 1. The van der Waals surface area contributed by atoms with E-state index in [-0.39, 0.29) is 11.2 Å². The number of nitrogens with zero attached hydrogens (tertiary/aromatic N) is 2. The maximum atomic E-state index is 11.1. The highest BCUT2D eigenvalue weighted by molar-refractivity contribution is 7.99. The average Bonchev–Trinajstić information content (AvgIpc) is 2.78. The third-order valence-electron chi connectivity index (χ3n) is 2.66. The molecule has 0 saturated carbocycles. The fourth-order valence-corrected chi connectivity index (χ4v) is 2.71. The number of imidazole rings is 1. The number of ether oxygens (including phenoxy) is 1. The molecule has 0 aromatic carbocycles. The highest BCUT2D eigenvalue weighted by atomic mass is 35.5. The molecule has 0 radical (unpaired) electrons. The van der Waals surface area contributed by atoms with Gasteiger partial charge < -0.3 is 9.14 Å². The van der Waals surface area contributed by atoms with Crippen LogP contribution in [0.4, 0.5) is 0 Å². The third kappa shape index (κ3) is 3.88. The van der Waals surface area contributed by atoms with E-state index in [4.69, 9.17) is 11.6 Å². The number of aromatic nitrogens is 2. The summed E-state index contributed by atoms with van der Waals surface area (Å²) in [7, 11) is 1.41. The van der Waals surface area contributed by atoms with Gasteiger partial charge in [0.05, 0.1) is 24.2 Å². The number of thioether (sulfide) groups is 1. The Kier molecular flexibility index (Phi) is 4.71. The third-order valence-corrected chi connectivity index (χ3v) is 4.08. The van der Waals surface area contributed by atoms with Gasteiger partial charge >= 0.3 is 5.97 Å². The Morgan fingerprint density at radius 1 is 1.53 bits per heavy atom. The second-order valence-electron chi connectivity index (χ2n) is 4.25. The lowest BCUT2D eigenvalue weighted by Crippen LogP contribution is -2.08. The van der Waals surface area contributed by atoms with Crippen molar-refractivity contribution in [1.29, 1.82) is 0 Å². The number of esters is 1. The first kappa shape index (κ1) is 14.2. The maximum Gasteiger partial charge on any atom is 0.306 e. The molecular formula is C13H15ClN2O2S. The Morgan fingerprint density at radius 2 is 2.32 bits per heavy atom. The molecule has 0 amide bonds. The minimum atomic E-state index is -0.179. The summed E-state index contributed by atoms with van der Waals surface area (Å²) in [4.78, 5) is 15.6. The Hall–Kier alpha value is -1.20. The molecule has 0 N–H and O–H groups in total. The average molecular weight is 299 g/mol. The number of hydrogen-bond acceptors (Lipinski definition) is 4. The number of rotatable bonds is 5. The number of methoxy groups -OCH3 is 1. The van der Waals surface area contributed by atoms with E-state index in [2.05, 4.69) is 9.72 Å². The van der Waals surface area contributed by atoms with Gasteiger partial charge in [-0.15, -0.1) is 0 Å². The van der Waals surface area contributed by atoms with Crippen molar-refractivity contribution in [2.24, 2.45) is 0 Å². The quantitative estimate of drug-likeness (QED) is 0.795. The Morgan fingerprint density at radius 3 is 3.05 bits per heavy atom. The number of fused-ring (bicyclic) bond motifs is 1. The largest absolute Gasteiger partial charge is 0.469 e. The van der Waals surface area contributed by atoms with E-state index in [0.29, 0.717) is 11.4 Å². The molecule has 19 heavy (non-hydrogen) atoms. The second kappa shape index (κ2) is 6.30. The number of halogens is 1. The first-order valence-corrected chi connectivity index (χ1v) is 7.32. The fourth-order valence-electron chi connectivity index (χ4n) is 1.69. The lowest BCUT2D eigenvalue weighted by molar-refractivity contribution is -0.140. The van der Waals surface area contributed by atoms with Crippen molar-refractivity contribution in [3.05, 3.63) is 35.2 Å². The van der Waals surface area contributed by atoms with Crippen LogP contribution in [0.15, 0.2) is 24.5 Å². The monoisotopic (exact) mass is 298 g/mol. The maximum absolute atomic E-state index is 11.1. The fraction of sp³-hybridized carbons (Fsp3) is 0.385. The molecule has 2 rings (SSSR count). The molecule has 0 bridgehead atoms. The standard InChI is InChI=1S/C13H15ClN2O2S/c1-9(5-13(17)18-2)19-8-11-7-16-6-10(14)3-4-12(16)15-11/h3-4,6-7,9H,5,8H2,1-2H3. The van der Waals surface area contributed by atoms with E-state index < -0.39 is 0 Å². The zero-order chi connectivity index (χ0) is 13.8. The normalized spacial score (nSPS) is 12.6. The van der Waals surface area contributed by atoms with Gasteiger partial charge in [-0.05, 0) is 12.1 Å². The van der Waals surface area contributed by atoms with Crippen LogP contribution in [0.25, 0.3) is 5.65 Å². The van der Waals surface area contributed by atoms with Crippen LogP contribution >= 0.6 is 23.4 Å². The second-order valence-corrected chi connectivity index (χ2v) is 6.11. The summed E-state index contributed by atoms with van der Waals surface area (Å²) in [5, 5.41) is 0.893. The number of hydrogen-bond donors (Lipinski definition) is 0. The predicted octanol–water partition coefficient (Wildman–Crippen LogP) is 3.17. The van der Waals surface area contributed by atoms with Crippen molar-refractivity contribution in [2.45, 2.75) is 24.3 Å². The van der Waals surface area contributed by atoms with Gasteiger partial charge in [0.25, 0.3) is 0 Å². The van der Waals surface area contributed by atoms with Gasteiger partial charge in [0.1, 0.15) is 5.65 Å². The number of carbonyl (C=O) groups excluding carboxylic acids is 1. The predicted molar refractivity (Wildman–Crippen MR) is 77.6 cm³/mol. The molecule has 0 fully saturated rings. The molecule has 4 nitrogen and oxygen atoms in total. The lowest BCUT2D eigenvalue weighted by atomic mass is 10.3. The SMILES string of the molecule is COC(=O)CC(C)SCc1cn2cc(Cl)ccc2n1. The summed E-state index contributed by atoms with van der Waals surface area (Å²) in [5.74, 6) is 0.582. The van der Waals surface area contributed by atoms with Gasteiger partial charge in [0.15, 0.2) is 0 Å².